The minimum absolute atomic E-state index is 0.893. The summed E-state index contributed by atoms with van der Waals surface area (Å²) < 4.78 is 0. The molecule has 0 spiro atoms. The SMILES string of the molecule is CCC=CC1CC[CH]CC1. The van der Waals surface area contributed by atoms with E-state index in [1.54, 1.807) is 0 Å². The Labute approximate surface area is 64.3 Å². The van der Waals surface area contributed by atoms with Gasteiger partial charge in [-0.1, -0.05) is 19.1 Å². The summed E-state index contributed by atoms with van der Waals surface area (Å²) in [6.45, 7) is 2.20. The molecule has 0 nitrogen and oxygen atoms in total. The minimum Gasteiger partial charge on any atom is -0.0885 e. The molecule has 1 fully saturated rings. The molecule has 0 aromatic heterocycles. The molecule has 0 bridgehead atoms. The first-order valence-electron chi connectivity index (χ1n) is 4.42. The Morgan fingerprint density at radius 3 is 2.70 bits per heavy atom. The molecule has 1 aliphatic rings. The average molecular weight is 137 g/mol. The average Bonchev–Trinajstić information content (AvgIpc) is 2.03. The second-order valence-electron chi connectivity index (χ2n) is 3.04. The Morgan fingerprint density at radius 1 is 1.40 bits per heavy atom. The van der Waals surface area contributed by atoms with Crippen molar-refractivity contribution in [3.8, 4) is 0 Å². The van der Waals surface area contributed by atoms with Crippen LogP contribution in [-0.2, 0) is 0 Å². The predicted octanol–water partition coefficient (Wildman–Crippen LogP) is 3.35. The Morgan fingerprint density at radius 2 is 2.10 bits per heavy atom. The molecule has 0 amide bonds. The smallest absolute Gasteiger partial charge is 0.0233 e. The van der Waals surface area contributed by atoms with Crippen molar-refractivity contribution in [1.29, 1.82) is 0 Å². The Hall–Kier alpha value is -0.260. The quantitative estimate of drug-likeness (QED) is 0.512. The largest absolute Gasteiger partial charge is 0.0885 e. The van der Waals surface area contributed by atoms with Gasteiger partial charge in [0.2, 0.25) is 0 Å². The molecule has 0 aromatic carbocycles. The maximum Gasteiger partial charge on any atom is -0.0233 e. The normalized spacial score (nSPS) is 22.1. The van der Waals surface area contributed by atoms with E-state index in [0.29, 0.717) is 0 Å². The molecule has 0 aromatic rings. The monoisotopic (exact) mass is 137 g/mol. The molecule has 1 aliphatic carbocycles. The van der Waals surface area contributed by atoms with Crippen molar-refractivity contribution in [3.63, 3.8) is 0 Å². The highest BCUT2D eigenvalue weighted by atomic mass is 14.1. The highest BCUT2D eigenvalue weighted by Gasteiger charge is 2.08. The van der Waals surface area contributed by atoms with Gasteiger partial charge in [0, 0.05) is 0 Å². The standard InChI is InChI=1S/C10H17/c1-2-3-7-10-8-5-4-6-9-10/h3-4,7,10H,2,5-6,8-9H2,1H3. The van der Waals surface area contributed by atoms with Gasteiger partial charge in [0.1, 0.15) is 0 Å². The fourth-order valence-electron chi connectivity index (χ4n) is 1.47. The summed E-state index contributed by atoms with van der Waals surface area (Å²) in [4.78, 5) is 0. The summed E-state index contributed by atoms with van der Waals surface area (Å²) >= 11 is 0. The zero-order valence-electron chi connectivity index (χ0n) is 6.84. The van der Waals surface area contributed by atoms with Crippen molar-refractivity contribution in [2.24, 2.45) is 5.92 Å². The van der Waals surface area contributed by atoms with Crippen LogP contribution < -0.4 is 0 Å². The van der Waals surface area contributed by atoms with Crippen LogP contribution in [0.15, 0.2) is 12.2 Å². The van der Waals surface area contributed by atoms with Crippen molar-refractivity contribution in [3.05, 3.63) is 18.6 Å². The van der Waals surface area contributed by atoms with Crippen molar-refractivity contribution in [1.82, 2.24) is 0 Å². The minimum atomic E-state index is 0.893. The van der Waals surface area contributed by atoms with E-state index in [0.717, 1.165) is 5.92 Å². The first-order valence-corrected chi connectivity index (χ1v) is 4.42. The third-order valence-corrected chi connectivity index (χ3v) is 2.13. The van der Waals surface area contributed by atoms with Gasteiger partial charge in [0.05, 0.1) is 0 Å². The number of allylic oxidation sites excluding steroid dienone is 2. The topological polar surface area (TPSA) is 0 Å². The molecule has 1 radical (unpaired) electrons. The molecule has 1 saturated carbocycles. The molecule has 0 heterocycles. The van der Waals surface area contributed by atoms with E-state index in [4.69, 9.17) is 0 Å². The van der Waals surface area contributed by atoms with Crippen LogP contribution in [0.1, 0.15) is 39.0 Å². The zero-order chi connectivity index (χ0) is 7.23. The third-order valence-electron chi connectivity index (χ3n) is 2.13. The van der Waals surface area contributed by atoms with Gasteiger partial charge in [-0.3, -0.25) is 0 Å². The summed E-state index contributed by atoms with van der Waals surface area (Å²) in [5, 5.41) is 0. The van der Waals surface area contributed by atoms with Crippen molar-refractivity contribution in [2.75, 3.05) is 0 Å². The van der Waals surface area contributed by atoms with Gasteiger partial charge >= 0.3 is 0 Å². The lowest BCUT2D eigenvalue weighted by molar-refractivity contribution is 0.482. The van der Waals surface area contributed by atoms with Crippen LogP contribution in [0.5, 0.6) is 0 Å². The Balaban J connectivity index is 2.19. The Bertz CT molecular complexity index is 96.6. The predicted molar refractivity (Wildman–Crippen MR) is 45.7 cm³/mol. The Kier molecular flexibility index (Phi) is 3.56. The first kappa shape index (κ1) is 7.84. The van der Waals surface area contributed by atoms with Gasteiger partial charge in [-0.15, -0.1) is 0 Å². The second-order valence-corrected chi connectivity index (χ2v) is 3.04. The molecule has 0 aliphatic heterocycles. The highest BCUT2D eigenvalue weighted by Crippen LogP contribution is 2.23. The lowest BCUT2D eigenvalue weighted by Gasteiger charge is -2.17. The molecule has 0 atom stereocenters. The van der Waals surface area contributed by atoms with Gasteiger partial charge in [-0.05, 0) is 44.4 Å². The van der Waals surface area contributed by atoms with Crippen LogP contribution in [0.2, 0.25) is 0 Å². The maximum absolute atomic E-state index is 2.41. The van der Waals surface area contributed by atoms with E-state index >= 15 is 0 Å². The van der Waals surface area contributed by atoms with Crippen molar-refractivity contribution in [2.45, 2.75) is 39.0 Å². The van der Waals surface area contributed by atoms with E-state index in [2.05, 4.69) is 25.5 Å². The van der Waals surface area contributed by atoms with Gasteiger partial charge in [-0.25, -0.2) is 0 Å². The summed E-state index contributed by atoms with van der Waals surface area (Å²) in [6, 6.07) is 0. The van der Waals surface area contributed by atoms with Gasteiger partial charge < -0.3 is 0 Å². The summed E-state index contributed by atoms with van der Waals surface area (Å²) in [7, 11) is 0. The summed E-state index contributed by atoms with van der Waals surface area (Å²) in [6.07, 6.45) is 13.7. The second kappa shape index (κ2) is 4.54. The number of rotatable bonds is 2. The van der Waals surface area contributed by atoms with Crippen LogP contribution in [0.25, 0.3) is 0 Å². The van der Waals surface area contributed by atoms with E-state index in [1.807, 2.05) is 0 Å². The molecule has 1 rings (SSSR count). The van der Waals surface area contributed by atoms with Gasteiger partial charge in [0.25, 0.3) is 0 Å². The van der Waals surface area contributed by atoms with E-state index < -0.39 is 0 Å². The van der Waals surface area contributed by atoms with Gasteiger partial charge in [0.15, 0.2) is 0 Å². The molecule has 10 heavy (non-hydrogen) atoms. The fraction of sp³-hybridized carbons (Fsp3) is 0.700. The van der Waals surface area contributed by atoms with E-state index in [9.17, 15) is 0 Å². The molecular weight excluding hydrogens is 120 g/mol. The first-order chi connectivity index (χ1) is 4.93. The third kappa shape index (κ3) is 2.55. The van der Waals surface area contributed by atoms with Gasteiger partial charge in [-0.2, -0.15) is 0 Å². The van der Waals surface area contributed by atoms with Crippen molar-refractivity contribution >= 4 is 0 Å². The van der Waals surface area contributed by atoms with E-state index in [1.165, 1.54) is 32.1 Å². The van der Waals surface area contributed by atoms with Crippen LogP contribution in [0.4, 0.5) is 0 Å². The molecule has 0 saturated heterocycles. The molecular formula is C10H17. The molecule has 0 unspecified atom stereocenters. The number of hydrogen-bond acceptors (Lipinski definition) is 0. The lowest BCUT2D eigenvalue weighted by Crippen LogP contribution is -2.02. The fourth-order valence-corrected chi connectivity index (χ4v) is 1.47. The summed E-state index contributed by atoms with van der Waals surface area (Å²) in [5.41, 5.74) is 0. The molecule has 0 heteroatoms. The molecule has 57 valence electrons. The van der Waals surface area contributed by atoms with Crippen molar-refractivity contribution < 1.29 is 0 Å². The highest BCUT2D eigenvalue weighted by molar-refractivity contribution is 4.91. The zero-order valence-corrected chi connectivity index (χ0v) is 6.84. The van der Waals surface area contributed by atoms with Crippen LogP contribution >= 0.6 is 0 Å². The summed E-state index contributed by atoms with van der Waals surface area (Å²) in [5.74, 6) is 0.893. The van der Waals surface area contributed by atoms with Crippen LogP contribution in [0, 0.1) is 12.3 Å². The van der Waals surface area contributed by atoms with Crippen LogP contribution in [0.3, 0.4) is 0 Å². The lowest BCUT2D eigenvalue weighted by atomic mass is 9.89. The van der Waals surface area contributed by atoms with Crippen LogP contribution in [-0.4, -0.2) is 0 Å². The maximum atomic E-state index is 2.41. The van der Waals surface area contributed by atoms with E-state index in [-0.39, 0.29) is 0 Å². The number of hydrogen-bond donors (Lipinski definition) is 0. The molecule has 0 N–H and O–H groups in total.